The second kappa shape index (κ2) is 5.25. The number of aromatic nitrogens is 2. The fourth-order valence-electron chi connectivity index (χ4n) is 4.17. The summed E-state index contributed by atoms with van der Waals surface area (Å²) < 4.78 is 0. The van der Waals surface area contributed by atoms with Gasteiger partial charge in [0.05, 0.1) is 16.4 Å². The Morgan fingerprint density at radius 1 is 1.04 bits per heavy atom. The summed E-state index contributed by atoms with van der Waals surface area (Å²) in [5.74, 6) is 1.09. The molecule has 0 spiro atoms. The third-order valence-electron chi connectivity index (χ3n) is 5.70. The molecule has 24 heavy (non-hydrogen) atoms. The molecule has 1 aliphatic carbocycles. The smallest absolute Gasteiger partial charge is 0.117 e. The molecule has 0 saturated heterocycles. The van der Waals surface area contributed by atoms with Gasteiger partial charge in [-0.2, -0.15) is 0 Å². The zero-order chi connectivity index (χ0) is 16.1. The molecule has 1 aliphatic heterocycles. The SMILES string of the molecule is Clc1ccc2nc(C3(c4ccc5c(c4)CCCN5)CCC3)[nH]c2c1. The van der Waals surface area contributed by atoms with Crippen molar-refractivity contribution in [3.05, 3.63) is 58.4 Å². The van der Waals surface area contributed by atoms with E-state index < -0.39 is 0 Å². The lowest BCUT2D eigenvalue weighted by Gasteiger charge is -2.41. The van der Waals surface area contributed by atoms with Gasteiger partial charge < -0.3 is 10.3 Å². The number of imidazole rings is 1. The van der Waals surface area contributed by atoms with Crippen molar-refractivity contribution in [1.29, 1.82) is 0 Å². The number of H-pyrrole nitrogens is 1. The van der Waals surface area contributed by atoms with E-state index in [1.54, 1.807) is 0 Å². The predicted octanol–water partition coefficient (Wildman–Crippen LogP) is 5.04. The van der Waals surface area contributed by atoms with Crippen LogP contribution >= 0.6 is 11.6 Å². The first-order chi connectivity index (χ1) is 11.7. The number of hydrogen-bond donors (Lipinski definition) is 2. The Labute approximate surface area is 146 Å². The van der Waals surface area contributed by atoms with Gasteiger partial charge in [-0.15, -0.1) is 0 Å². The zero-order valence-electron chi connectivity index (χ0n) is 13.5. The van der Waals surface area contributed by atoms with Crippen LogP contribution in [0.25, 0.3) is 11.0 Å². The molecular formula is C20H20ClN3. The molecule has 1 saturated carbocycles. The minimum absolute atomic E-state index is 0.0397. The van der Waals surface area contributed by atoms with Gasteiger partial charge >= 0.3 is 0 Å². The number of benzene rings is 2. The van der Waals surface area contributed by atoms with Crippen molar-refractivity contribution >= 4 is 28.3 Å². The van der Waals surface area contributed by atoms with E-state index in [1.807, 2.05) is 18.2 Å². The van der Waals surface area contributed by atoms with Crippen LogP contribution in [0.1, 0.15) is 42.6 Å². The van der Waals surface area contributed by atoms with E-state index in [-0.39, 0.29) is 5.41 Å². The predicted molar refractivity (Wildman–Crippen MR) is 99.0 cm³/mol. The average Bonchev–Trinajstić information content (AvgIpc) is 2.96. The summed E-state index contributed by atoms with van der Waals surface area (Å²) in [6.07, 6.45) is 5.96. The molecule has 0 radical (unpaired) electrons. The van der Waals surface area contributed by atoms with Crippen molar-refractivity contribution < 1.29 is 0 Å². The number of aromatic amines is 1. The minimum Gasteiger partial charge on any atom is -0.385 e. The van der Waals surface area contributed by atoms with Crippen LogP contribution in [0.15, 0.2) is 36.4 Å². The Balaban J connectivity index is 1.62. The molecule has 122 valence electrons. The molecular weight excluding hydrogens is 318 g/mol. The first-order valence-corrected chi connectivity index (χ1v) is 9.15. The maximum absolute atomic E-state index is 6.13. The molecule has 0 unspecified atom stereocenters. The fraction of sp³-hybridized carbons (Fsp3) is 0.350. The maximum Gasteiger partial charge on any atom is 0.117 e. The third-order valence-corrected chi connectivity index (χ3v) is 5.94. The summed E-state index contributed by atoms with van der Waals surface area (Å²) >= 11 is 6.13. The first-order valence-electron chi connectivity index (χ1n) is 8.78. The molecule has 3 aromatic rings. The monoisotopic (exact) mass is 337 g/mol. The first kappa shape index (κ1) is 14.4. The number of nitrogens with one attached hydrogen (secondary N) is 2. The number of fused-ring (bicyclic) bond motifs is 2. The molecule has 0 amide bonds. The highest BCUT2D eigenvalue weighted by molar-refractivity contribution is 6.31. The second-order valence-electron chi connectivity index (χ2n) is 7.08. The van der Waals surface area contributed by atoms with Crippen LogP contribution in [-0.2, 0) is 11.8 Å². The van der Waals surface area contributed by atoms with Gasteiger partial charge in [0.1, 0.15) is 5.82 Å². The van der Waals surface area contributed by atoms with Gasteiger partial charge in [-0.25, -0.2) is 4.98 Å². The number of rotatable bonds is 2. The Bertz CT molecular complexity index is 924. The molecule has 0 bridgehead atoms. The zero-order valence-corrected chi connectivity index (χ0v) is 14.3. The minimum atomic E-state index is 0.0397. The number of anilines is 1. The summed E-state index contributed by atoms with van der Waals surface area (Å²) in [6.45, 7) is 1.09. The molecule has 2 aliphatic rings. The van der Waals surface area contributed by atoms with Crippen molar-refractivity contribution in [2.75, 3.05) is 11.9 Å². The quantitative estimate of drug-likeness (QED) is 0.687. The molecule has 3 nitrogen and oxygen atoms in total. The molecule has 1 aromatic heterocycles. The number of hydrogen-bond acceptors (Lipinski definition) is 2. The summed E-state index contributed by atoms with van der Waals surface area (Å²) in [6, 6.07) is 12.8. The van der Waals surface area contributed by atoms with Crippen molar-refractivity contribution in [2.24, 2.45) is 0 Å². The van der Waals surface area contributed by atoms with Crippen molar-refractivity contribution in [3.8, 4) is 0 Å². The molecule has 1 fully saturated rings. The van der Waals surface area contributed by atoms with E-state index in [0.29, 0.717) is 0 Å². The molecule has 2 heterocycles. The van der Waals surface area contributed by atoms with Crippen LogP contribution in [0.4, 0.5) is 5.69 Å². The molecule has 2 aromatic carbocycles. The Hall–Kier alpha value is -2.00. The Kier molecular flexibility index (Phi) is 3.14. The summed E-state index contributed by atoms with van der Waals surface area (Å²) in [7, 11) is 0. The summed E-state index contributed by atoms with van der Waals surface area (Å²) in [4.78, 5) is 8.45. The van der Waals surface area contributed by atoms with E-state index in [1.165, 1.54) is 36.1 Å². The molecule has 0 atom stereocenters. The van der Waals surface area contributed by atoms with Gasteiger partial charge in [0, 0.05) is 17.3 Å². The summed E-state index contributed by atoms with van der Waals surface area (Å²) in [5, 5.41) is 4.26. The fourth-order valence-corrected chi connectivity index (χ4v) is 4.35. The second-order valence-corrected chi connectivity index (χ2v) is 7.52. The molecule has 5 rings (SSSR count). The van der Waals surface area contributed by atoms with Gasteiger partial charge in [-0.05, 0) is 61.1 Å². The maximum atomic E-state index is 6.13. The molecule has 4 heteroatoms. The van der Waals surface area contributed by atoms with Gasteiger partial charge in [-0.1, -0.05) is 30.2 Å². The number of halogens is 1. The third kappa shape index (κ3) is 2.07. The van der Waals surface area contributed by atoms with Crippen molar-refractivity contribution in [2.45, 2.75) is 37.5 Å². The lowest BCUT2D eigenvalue weighted by molar-refractivity contribution is 0.287. The van der Waals surface area contributed by atoms with E-state index >= 15 is 0 Å². The lowest BCUT2D eigenvalue weighted by Crippen LogP contribution is -2.36. The van der Waals surface area contributed by atoms with Crippen LogP contribution in [0.5, 0.6) is 0 Å². The van der Waals surface area contributed by atoms with E-state index in [2.05, 4.69) is 28.5 Å². The average molecular weight is 338 g/mol. The largest absolute Gasteiger partial charge is 0.385 e. The van der Waals surface area contributed by atoms with Gasteiger partial charge in [0.2, 0.25) is 0 Å². The summed E-state index contributed by atoms with van der Waals surface area (Å²) in [5.41, 5.74) is 6.22. The molecule has 2 N–H and O–H groups in total. The number of nitrogens with zero attached hydrogens (tertiary/aromatic N) is 1. The normalized spacial score (nSPS) is 18.7. The van der Waals surface area contributed by atoms with Crippen LogP contribution in [0.3, 0.4) is 0 Å². The van der Waals surface area contributed by atoms with Crippen LogP contribution in [-0.4, -0.2) is 16.5 Å². The van der Waals surface area contributed by atoms with E-state index in [0.717, 1.165) is 41.3 Å². The van der Waals surface area contributed by atoms with Crippen molar-refractivity contribution in [1.82, 2.24) is 9.97 Å². The van der Waals surface area contributed by atoms with Crippen LogP contribution in [0, 0.1) is 0 Å². The van der Waals surface area contributed by atoms with Gasteiger partial charge in [-0.3, -0.25) is 0 Å². The highest BCUT2D eigenvalue weighted by Gasteiger charge is 2.43. The van der Waals surface area contributed by atoms with Crippen LogP contribution in [0.2, 0.25) is 5.02 Å². The highest BCUT2D eigenvalue weighted by atomic mass is 35.5. The highest BCUT2D eigenvalue weighted by Crippen LogP contribution is 2.49. The van der Waals surface area contributed by atoms with Crippen LogP contribution < -0.4 is 5.32 Å². The topological polar surface area (TPSA) is 40.7 Å². The van der Waals surface area contributed by atoms with Crippen molar-refractivity contribution in [3.63, 3.8) is 0 Å². The van der Waals surface area contributed by atoms with E-state index in [4.69, 9.17) is 16.6 Å². The number of aryl methyl sites for hydroxylation is 1. The van der Waals surface area contributed by atoms with Gasteiger partial charge in [0.15, 0.2) is 0 Å². The van der Waals surface area contributed by atoms with E-state index in [9.17, 15) is 0 Å². The standard InChI is InChI=1S/C20H20ClN3/c21-15-5-7-17-18(12-15)24-19(23-17)20(8-2-9-20)14-4-6-16-13(11-14)3-1-10-22-16/h4-7,11-12,22H,1-3,8-10H2,(H,23,24). The Morgan fingerprint density at radius 2 is 1.96 bits per heavy atom. The lowest BCUT2D eigenvalue weighted by atomic mass is 9.63. The van der Waals surface area contributed by atoms with Gasteiger partial charge in [0.25, 0.3) is 0 Å². The Morgan fingerprint density at radius 3 is 2.79 bits per heavy atom.